The fraction of sp³-hybridized carbons (Fsp3) is 0.688. The minimum atomic E-state index is -4.49. The Morgan fingerprint density at radius 2 is 2.04 bits per heavy atom. The first-order valence-electron chi connectivity index (χ1n) is 8.72. The molecule has 2 heterocycles. The quantitative estimate of drug-likeness (QED) is 0.499. The molecule has 1 aromatic rings. The predicted octanol–water partition coefficient (Wildman–Crippen LogP) is 0.314. The lowest BCUT2D eigenvalue weighted by Crippen LogP contribution is -2.49. The SMILES string of the molecule is CN=C(NCc1cn(C)nc1C(F)(F)F)NC1CCN(CC(=O)NC)CC1. The van der Waals surface area contributed by atoms with Crippen LogP contribution in [0.15, 0.2) is 11.2 Å². The van der Waals surface area contributed by atoms with E-state index in [0.717, 1.165) is 30.6 Å². The van der Waals surface area contributed by atoms with Crippen molar-refractivity contribution in [1.82, 2.24) is 30.6 Å². The highest BCUT2D eigenvalue weighted by Gasteiger charge is 2.36. The molecule has 8 nitrogen and oxygen atoms in total. The highest BCUT2D eigenvalue weighted by molar-refractivity contribution is 5.80. The van der Waals surface area contributed by atoms with Crippen LogP contribution in [0.5, 0.6) is 0 Å². The lowest BCUT2D eigenvalue weighted by atomic mass is 10.1. The molecule has 3 N–H and O–H groups in total. The molecule has 0 atom stereocenters. The van der Waals surface area contributed by atoms with Crippen molar-refractivity contribution < 1.29 is 18.0 Å². The number of hydrogen-bond donors (Lipinski definition) is 3. The van der Waals surface area contributed by atoms with Crippen LogP contribution in [0.1, 0.15) is 24.1 Å². The Bertz CT molecular complexity index is 663. The molecule has 27 heavy (non-hydrogen) atoms. The van der Waals surface area contributed by atoms with Crippen LogP contribution in [0.3, 0.4) is 0 Å². The summed E-state index contributed by atoms with van der Waals surface area (Å²) < 4.78 is 40.2. The summed E-state index contributed by atoms with van der Waals surface area (Å²) in [4.78, 5) is 17.6. The van der Waals surface area contributed by atoms with Gasteiger partial charge in [-0.2, -0.15) is 18.3 Å². The molecule has 1 amide bonds. The van der Waals surface area contributed by atoms with Gasteiger partial charge in [0.05, 0.1) is 6.54 Å². The van der Waals surface area contributed by atoms with Crippen molar-refractivity contribution in [2.45, 2.75) is 31.6 Å². The van der Waals surface area contributed by atoms with Crippen LogP contribution < -0.4 is 16.0 Å². The third-order valence-electron chi connectivity index (χ3n) is 4.42. The molecule has 152 valence electrons. The zero-order chi connectivity index (χ0) is 20.0. The average molecular weight is 389 g/mol. The molecule has 0 spiro atoms. The molecule has 0 bridgehead atoms. The molecule has 1 aliphatic heterocycles. The number of aryl methyl sites for hydroxylation is 1. The predicted molar refractivity (Wildman–Crippen MR) is 95.1 cm³/mol. The maximum atomic E-state index is 13.0. The van der Waals surface area contributed by atoms with Gasteiger partial charge in [-0.1, -0.05) is 0 Å². The number of aromatic nitrogens is 2. The van der Waals surface area contributed by atoms with Crippen LogP contribution in [-0.4, -0.2) is 66.3 Å². The molecular formula is C16H26F3N7O. The van der Waals surface area contributed by atoms with Crippen molar-refractivity contribution >= 4 is 11.9 Å². The highest BCUT2D eigenvalue weighted by Crippen LogP contribution is 2.30. The van der Waals surface area contributed by atoms with E-state index in [1.807, 2.05) is 0 Å². The van der Waals surface area contributed by atoms with Gasteiger partial charge in [-0.3, -0.25) is 19.4 Å². The molecule has 1 aromatic heterocycles. The summed E-state index contributed by atoms with van der Waals surface area (Å²) in [5.74, 6) is 0.424. The zero-order valence-corrected chi connectivity index (χ0v) is 15.7. The van der Waals surface area contributed by atoms with Gasteiger partial charge in [-0.15, -0.1) is 0 Å². The average Bonchev–Trinajstić information content (AvgIpc) is 3.01. The number of piperidine rings is 1. The number of aliphatic imine (C=N–C) groups is 1. The van der Waals surface area contributed by atoms with Gasteiger partial charge in [-0.25, -0.2) is 0 Å². The number of hydrogen-bond acceptors (Lipinski definition) is 4. The maximum Gasteiger partial charge on any atom is 0.435 e. The summed E-state index contributed by atoms with van der Waals surface area (Å²) in [5, 5.41) is 12.2. The summed E-state index contributed by atoms with van der Waals surface area (Å²) in [6, 6.07) is 0.146. The van der Waals surface area contributed by atoms with Crippen molar-refractivity contribution in [1.29, 1.82) is 0 Å². The van der Waals surface area contributed by atoms with E-state index in [0.29, 0.717) is 12.5 Å². The molecule has 1 aliphatic rings. The van der Waals surface area contributed by atoms with Crippen LogP contribution in [0, 0.1) is 0 Å². The molecule has 0 aliphatic carbocycles. The van der Waals surface area contributed by atoms with Crippen molar-refractivity contribution in [2.24, 2.45) is 12.0 Å². The van der Waals surface area contributed by atoms with E-state index in [9.17, 15) is 18.0 Å². The fourth-order valence-electron chi connectivity index (χ4n) is 2.99. The van der Waals surface area contributed by atoms with Crippen molar-refractivity contribution in [3.8, 4) is 0 Å². The molecular weight excluding hydrogens is 363 g/mol. The topological polar surface area (TPSA) is 86.6 Å². The summed E-state index contributed by atoms with van der Waals surface area (Å²) in [6.45, 7) is 1.88. The summed E-state index contributed by atoms with van der Waals surface area (Å²) in [5.41, 5.74) is -0.830. The first kappa shape index (κ1) is 21.0. The van der Waals surface area contributed by atoms with Gasteiger partial charge in [0, 0.05) is 58.6 Å². The summed E-state index contributed by atoms with van der Waals surface area (Å²) in [6.07, 6.45) is -1.51. The highest BCUT2D eigenvalue weighted by atomic mass is 19.4. The lowest BCUT2D eigenvalue weighted by molar-refractivity contribution is -0.142. The smallest absolute Gasteiger partial charge is 0.358 e. The largest absolute Gasteiger partial charge is 0.435 e. The Balaban J connectivity index is 1.85. The van der Waals surface area contributed by atoms with E-state index in [2.05, 4.69) is 30.9 Å². The number of nitrogens with zero attached hydrogens (tertiary/aromatic N) is 4. The van der Waals surface area contributed by atoms with Gasteiger partial charge < -0.3 is 16.0 Å². The van der Waals surface area contributed by atoms with Gasteiger partial charge >= 0.3 is 6.18 Å². The van der Waals surface area contributed by atoms with Crippen LogP contribution in [0.25, 0.3) is 0 Å². The number of amides is 1. The monoisotopic (exact) mass is 389 g/mol. The minimum absolute atomic E-state index is 0.0178. The van der Waals surface area contributed by atoms with Crippen molar-refractivity contribution in [2.75, 3.05) is 33.7 Å². The Morgan fingerprint density at radius 1 is 1.37 bits per heavy atom. The number of nitrogens with one attached hydrogen (secondary N) is 3. The van der Waals surface area contributed by atoms with Crippen LogP contribution in [-0.2, 0) is 24.6 Å². The van der Waals surface area contributed by atoms with Gasteiger partial charge in [0.2, 0.25) is 5.91 Å². The van der Waals surface area contributed by atoms with Crippen molar-refractivity contribution in [3.63, 3.8) is 0 Å². The van der Waals surface area contributed by atoms with E-state index in [1.165, 1.54) is 13.2 Å². The Labute approximate surface area is 156 Å². The van der Waals surface area contributed by atoms with Crippen LogP contribution in [0.2, 0.25) is 0 Å². The number of carbonyl (C=O) groups is 1. The van der Waals surface area contributed by atoms with E-state index in [4.69, 9.17) is 0 Å². The van der Waals surface area contributed by atoms with Crippen LogP contribution >= 0.6 is 0 Å². The van der Waals surface area contributed by atoms with E-state index in [-0.39, 0.29) is 24.1 Å². The second-order valence-corrected chi connectivity index (χ2v) is 6.47. The number of halogens is 3. The van der Waals surface area contributed by atoms with E-state index < -0.39 is 11.9 Å². The molecule has 11 heteroatoms. The molecule has 1 fully saturated rings. The standard InChI is InChI=1S/C16H26F3N7O/c1-20-13(27)10-26-6-4-12(5-7-26)23-15(21-2)22-8-11-9-25(3)24-14(11)16(17,18)19/h9,12H,4-8,10H2,1-3H3,(H,20,27)(H2,21,22,23). The maximum absolute atomic E-state index is 13.0. The molecule has 1 saturated heterocycles. The second kappa shape index (κ2) is 9.07. The number of likely N-dealkylation sites (N-methyl/N-ethyl adjacent to an activating group) is 1. The van der Waals surface area contributed by atoms with E-state index >= 15 is 0 Å². The third kappa shape index (κ3) is 6.12. The third-order valence-corrected chi connectivity index (χ3v) is 4.42. The number of guanidine groups is 1. The normalized spacial score (nSPS) is 17.0. The number of alkyl halides is 3. The number of carbonyl (C=O) groups excluding carboxylic acids is 1. The van der Waals surface area contributed by atoms with E-state index in [1.54, 1.807) is 14.1 Å². The summed E-state index contributed by atoms with van der Waals surface area (Å²) >= 11 is 0. The summed E-state index contributed by atoms with van der Waals surface area (Å²) in [7, 11) is 4.64. The Hall–Kier alpha value is -2.30. The van der Waals surface area contributed by atoms with Gasteiger partial charge in [-0.05, 0) is 12.8 Å². The first-order chi connectivity index (χ1) is 12.7. The number of likely N-dealkylation sites (tertiary alicyclic amines) is 1. The second-order valence-electron chi connectivity index (χ2n) is 6.47. The molecule has 0 saturated carbocycles. The van der Waals surface area contributed by atoms with Gasteiger partial charge in [0.25, 0.3) is 0 Å². The molecule has 0 unspecified atom stereocenters. The van der Waals surface area contributed by atoms with Crippen LogP contribution in [0.4, 0.5) is 13.2 Å². The molecule has 0 aromatic carbocycles. The Kier molecular flexibility index (Phi) is 7.05. The number of rotatable bonds is 5. The lowest BCUT2D eigenvalue weighted by Gasteiger charge is -2.32. The fourth-order valence-corrected chi connectivity index (χ4v) is 2.99. The zero-order valence-electron chi connectivity index (χ0n) is 15.7. The van der Waals surface area contributed by atoms with Gasteiger partial charge in [0.15, 0.2) is 11.7 Å². The minimum Gasteiger partial charge on any atom is -0.358 e. The molecule has 2 rings (SSSR count). The van der Waals surface area contributed by atoms with Crippen molar-refractivity contribution in [3.05, 3.63) is 17.5 Å². The Morgan fingerprint density at radius 3 is 2.59 bits per heavy atom. The first-order valence-corrected chi connectivity index (χ1v) is 8.72. The van der Waals surface area contributed by atoms with Gasteiger partial charge in [0.1, 0.15) is 0 Å². The molecule has 0 radical (unpaired) electrons.